The van der Waals surface area contributed by atoms with E-state index in [1.807, 2.05) is 6.07 Å². The predicted octanol–water partition coefficient (Wildman–Crippen LogP) is 2.89. The van der Waals surface area contributed by atoms with E-state index in [1.165, 1.54) is 34.1 Å². The van der Waals surface area contributed by atoms with Gasteiger partial charge in [0.25, 0.3) is 10.1 Å². The van der Waals surface area contributed by atoms with Gasteiger partial charge in [0.05, 0.1) is 6.54 Å². The van der Waals surface area contributed by atoms with Crippen molar-refractivity contribution in [3.8, 4) is 0 Å². The summed E-state index contributed by atoms with van der Waals surface area (Å²) in [6, 6.07) is 22.9. The Morgan fingerprint density at radius 1 is 0.833 bits per heavy atom. The van der Waals surface area contributed by atoms with Gasteiger partial charge in [-0.05, 0) is 42.0 Å². The molecule has 11 heteroatoms. The zero-order valence-electron chi connectivity index (χ0n) is 19.5. The van der Waals surface area contributed by atoms with Crippen LogP contribution in [0.15, 0.2) is 84.9 Å². The van der Waals surface area contributed by atoms with E-state index < -0.39 is 34.4 Å². The number of carbonyl (C=O) groups is 3. The Morgan fingerprint density at radius 2 is 1.44 bits per heavy atom. The summed E-state index contributed by atoms with van der Waals surface area (Å²) in [7, 11) is -2.61. The van der Waals surface area contributed by atoms with Crippen LogP contribution in [0, 0.1) is 0 Å². The third kappa shape index (κ3) is 7.93. The summed E-state index contributed by atoms with van der Waals surface area (Å²) >= 11 is 0. The van der Waals surface area contributed by atoms with Crippen LogP contribution in [0.1, 0.15) is 5.56 Å². The molecule has 0 aliphatic carbocycles. The van der Waals surface area contributed by atoms with Gasteiger partial charge >= 0.3 is 6.03 Å². The molecule has 0 fully saturated rings. The molecule has 3 rings (SSSR count). The summed E-state index contributed by atoms with van der Waals surface area (Å²) in [6.45, 7) is -0.636. The Balaban J connectivity index is 1.65. The van der Waals surface area contributed by atoms with Crippen LogP contribution in [0.25, 0.3) is 0 Å². The highest BCUT2D eigenvalue weighted by molar-refractivity contribution is 7.85. The smallest absolute Gasteiger partial charge is 0.319 e. The Hall–Kier alpha value is -4.22. The van der Waals surface area contributed by atoms with Crippen LogP contribution < -0.4 is 20.4 Å². The van der Waals surface area contributed by atoms with E-state index in [2.05, 4.69) is 10.6 Å². The second-order valence-corrected chi connectivity index (χ2v) is 9.29. The molecular weight excluding hydrogens is 484 g/mol. The average Bonchev–Trinajstić information content (AvgIpc) is 2.85. The highest BCUT2D eigenvalue weighted by atomic mass is 32.2. The first-order valence-electron chi connectivity index (χ1n) is 10.9. The maximum atomic E-state index is 13.0. The number of nitrogens with one attached hydrogen (secondary N) is 2. The predicted molar refractivity (Wildman–Crippen MR) is 137 cm³/mol. The lowest BCUT2D eigenvalue weighted by atomic mass is 10.2. The van der Waals surface area contributed by atoms with E-state index in [1.54, 1.807) is 61.6 Å². The molecule has 0 aliphatic heterocycles. The molecule has 0 aromatic heterocycles. The fourth-order valence-electron chi connectivity index (χ4n) is 3.34. The molecular formula is C25H26N4O6S. The Morgan fingerprint density at radius 3 is 2.06 bits per heavy atom. The molecule has 0 unspecified atom stereocenters. The van der Waals surface area contributed by atoms with Gasteiger partial charge in [0.2, 0.25) is 11.8 Å². The molecule has 0 radical (unpaired) electrons. The van der Waals surface area contributed by atoms with E-state index in [0.29, 0.717) is 11.4 Å². The first-order chi connectivity index (χ1) is 17.1. The fraction of sp³-hybridized carbons (Fsp3) is 0.160. The number of nitrogens with zero attached hydrogens (tertiary/aromatic N) is 2. The van der Waals surface area contributed by atoms with E-state index in [4.69, 9.17) is 4.55 Å². The van der Waals surface area contributed by atoms with Gasteiger partial charge in [-0.2, -0.15) is 8.42 Å². The van der Waals surface area contributed by atoms with Gasteiger partial charge in [-0.3, -0.25) is 14.1 Å². The first kappa shape index (κ1) is 26.4. The molecule has 3 aromatic carbocycles. The van der Waals surface area contributed by atoms with Crippen molar-refractivity contribution >= 4 is 45.0 Å². The van der Waals surface area contributed by atoms with Crippen LogP contribution in [0.4, 0.5) is 21.9 Å². The summed E-state index contributed by atoms with van der Waals surface area (Å²) in [5.74, 6) is -1.43. The highest BCUT2D eigenvalue weighted by Crippen LogP contribution is 2.17. The Labute approximate surface area is 209 Å². The number of para-hydroxylation sites is 2. The highest BCUT2D eigenvalue weighted by Gasteiger charge is 2.22. The SMILES string of the molecule is CN(C(=O)CN(C(=O)CNC(=O)Nc1cccc(CS(=O)(=O)O)c1)c1ccccc1)c1ccccc1. The second kappa shape index (κ2) is 12.0. The standard InChI is InChI=1S/C25H26N4O6S/c1-28(21-11-4-2-5-12-21)24(31)17-29(22-13-6-3-7-14-22)23(30)16-26-25(32)27-20-10-8-9-19(15-20)18-36(33,34)35/h2-15H,16-18H2,1H3,(H2,26,27,32)(H,33,34,35). The lowest BCUT2D eigenvalue weighted by Crippen LogP contribution is -2.46. The lowest BCUT2D eigenvalue weighted by Gasteiger charge is -2.25. The third-order valence-electron chi connectivity index (χ3n) is 5.11. The summed E-state index contributed by atoms with van der Waals surface area (Å²) in [5, 5.41) is 4.96. The van der Waals surface area contributed by atoms with Crippen LogP contribution in [0.2, 0.25) is 0 Å². The summed E-state index contributed by atoms with van der Waals surface area (Å²) in [4.78, 5) is 41.0. The Bertz CT molecular complexity index is 1320. The number of rotatable bonds is 9. The number of carbonyl (C=O) groups excluding carboxylic acids is 3. The van der Waals surface area contributed by atoms with Crippen molar-refractivity contribution < 1.29 is 27.4 Å². The Kier molecular flexibility index (Phi) is 8.76. The third-order valence-corrected chi connectivity index (χ3v) is 5.81. The zero-order chi connectivity index (χ0) is 26.1. The summed E-state index contributed by atoms with van der Waals surface area (Å²) in [6.07, 6.45) is 0. The lowest BCUT2D eigenvalue weighted by molar-refractivity contribution is -0.121. The van der Waals surface area contributed by atoms with Crippen LogP contribution in [-0.4, -0.2) is 51.0 Å². The van der Waals surface area contributed by atoms with Crippen LogP contribution in [-0.2, 0) is 25.5 Å². The van der Waals surface area contributed by atoms with Gasteiger partial charge in [-0.1, -0.05) is 48.5 Å². The van der Waals surface area contributed by atoms with Crippen LogP contribution >= 0.6 is 0 Å². The van der Waals surface area contributed by atoms with Gasteiger partial charge in [0.1, 0.15) is 12.3 Å². The van der Waals surface area contributed by atoms with Gasteiger partial charge in [-0.15, -0.1) is 0 Å². The van der Waals surface area contributed by atoms with Crippen molar-refractivity contribution in [1.82, 2.24) is 5.32 Å². The number of hydrogen-bond donors (Lipinski definition) is 3. The van der Waals surface area contributed by atoms with Crippen molar-refractivity contribution in [2.75, 3.05) is 35.3 Å². The van der Waals surface area contributed by atoms with Crippen molar-refractivity contribution in [1.29, 1.82) is 0 Å². The van der Waals surface area contributed by atoms with Crippen molar-refractivity contribution in [2.24, 2.45) is 0 Å². The van der Waals surface area contributed by atoms with Crippen molar-refractivity contribution in [3.05, 3.63) is 90.5 Å². The molecule has 3 aromatic rings. The molecule has 10 nitrogen and oxygen atoms in total. The minimum atomic E-state index is -4.22. The molecule has 36 heavy (non-hydrogen) atoms. The molecule has 0 spiro atoms. The average molecular weight is 511 g/mol. The minimum absolute atomic E-state index is 0.241. The minimum Gasteiger partial charge on any atom is -0.329 e. The van der Waals surface area contributed by atoms with E-state index in [9.17, 15) is 22.8 Å². The molecule has 0 atom stereocenters. The first-order valence-corrected chi connectivity index (χ1v) is 12.5. The quantitative estimate of drug-likeness (QED) is 0.379. The molecule has 4 amide bonds. The summed E-state index contributed by atoms with van der Waals surface area (Å²) in [5.41, 5.74) is 1.73. The summed E-state index contributed by atoms with van der Waals surface area (Å²) < 4.78 is 31.2. The topological polar surface area (TPSA) is 136 Å². The largest absolute Gasteiger partial charge is 0.329 e. The maximum absolute atomic E-state index is 13.0. The molecule has 0 saturated carbocycles. The van der Waals surface area contributed by atoms with Gasteiger partial charge in [0.15, 0.2) is 0 Å². The molecule has 188 valence electrons. The molecule has 0 heterocycles. The van der Waals surface area contributed by atoms with Crippen molar-refractivity contribution in [3.63, 3.8) is 0 Å². The monoisotopic (exact) mass is 510 g/mol. The second-order valence-electron chi connectivity index (χ2n) is 7.84. The van der Waals surface area contributed by atoms with E-state index in [0.717, 1.165) is 0 Å². The number of amides is 4. The van der Waals surface area contributed by atoms with Gasteiger partial charge in [-0.25, -0.2) is 4.79 Å². The maximum Gasteiger partial charge on any atom is 0.319 e. The molecule has 0 bridgehead atoms. The molecule has 3 N–H and O–H groups in total. The fourth-order valence-corrected chi connectivity index (χ4v) is 3.95. The van der Waals surface area contributed by atoms with Crippen LogP contribution in [0.5, 0.6) is 0 Å². The number of hydrogen-bond acceptors (Lipinski definition) is 5. The zero-order valence-corrected chi connectivity index (χ0v) is 20.3. The van der Waals surface area contributed by atoms with Gasteiger partial charge < -0.3 is 20.4 Å². The van der Waals surface area contributed by atoms with Gasteiger partial charge in [0, 0.05) is 24.1 Å². The number of benzene rings is 3. The molecule has 0 aliphatic rings. The number of urea groups is 1. The van der Waals surface area contributed by atoms with E-state index in [-0.39, 0.29) is 23.7 Å². The van der Waals surface area contributed by atoms with Crippen LogP contribution in [0.3, 0.4) is 0 Å². The van der Waals surface area contributed by atoms with E-state index >= 15 is 0 Å². The molecule has 0 saturated heterocycles. The van der Waals surface area contributed by atoms with Crippen molar-refractivity contribution in [2.45, 2.75) is 5.75 Å². The number of likely N-dealkylation sites (N-methyl/N-ethyl adjacent to an activating group) is 1. The number of anilines is 3. The normalized spacial score (nSPS) is 10.8.